The quantitative estimate of drug-likeness (QED) is 0.732. The molecule has 1 fully saturated rings. The van der Waals surface area contributed by atoms with Crippen molar-refractivity contribution in [1.29, 1.82) is 0 Å². The fourth-order valence-electron chi connectivity index (χ4n) is 4.39. The van der Waals surface area contributed by atoms with Crippen molar-refractivity contribution < 1.29 is 4.79 Å². The fraction of sp³-hybridized carbons (Fsp3) is 0.458. The highest BCUT2D eigenvalue weighted by molar-refractivity contribution is 5.96. The standard InChI is InChI=1S/C24H30N2O/c27-24(22-7-8-23-21(18-22)10-14-25-23)9-6-20-12-16-26(17-13-20)15-11-19-4-2-1-3-5-19/h1-5,7-8,18,20,25H,6,9-17H2. The van der Waals surface area contributed by atoms with Gasteiger partial charge in [-0.2, -0.15) is 0 Å². The number of carbonyl (C=O) groups is 1. The molecule has 0 unspecified atom stereocenters. The van der Waals surface area contributed by atoms with Crippen LogP contribution in [0.15, 0.2) is 48.5 Å². The molecule has 2 aliphatic rings. The lowest BCUT2D eigenvalue weighted by Gasteiger charge is -2.32. The lowest BCUT2D eigenvalue weighted by Crippen LogP contribution is -2.35. The van der Waals surface area contributed by atoms with Crippen LogP contribution in [0.25, 0.3) is 0 Å². The summed E-state index contributed by atoms with van der Waals surface area (Å²) in [5, 5.41) is 3.36. The van der Waals surface area contributed by atoms with Crippen LogP contribution < -0.4 is 5.32 Å². The van der Waals surface area contributed by atoms with E-state index < -0.39 is 0 Å². The first-order chi connectivity index (χ1) is 13.3. The van der Waals surface area contributed by atoms with Crippen molar-refractivity contribution in [1.82, 2.24) is 4.90 Å². The van der Waals surface area contributed by atoms with Gasteiger partial charge in [0, 0.05) is 30.8 Å². The fourth-order valence-corrected chi connectivity index (χ4v) is 4.39. The van der Waals surface area contributed by atoms with Crippen LogP contribution in [0, 0.1) is 5.92 Å². The van der Waals surface area contributed by atoms with E-state index in [1.807, 2.05) is 6.07 Å². The van der Waals surface area contributed by atoms with Crippen molar-refractivity contribution in [2.45, 2.75) is 38.5 Å². The summed E-state index contributed by atoms with van der Waals surface area (Å²) in [5.41, 5.74) is 4.83. The molecule has 142 valence electrons. The number of hydrogen-bond donors (Lipinski definition) is 1. The molecule has 0 bridgehead atoms. The Morgan fingerprint density at radius 3 is 2.70 bits per heavy atom. The minimum Gasteiger partial charge on any atom is -0.384 e. The highest BCUT2D eigenvalue weighted by Crippen LogP contribution is 2.26. The highest BCUT2D eigenvalue weighted by atomic mass is 16.1. The van der Waals surface area contributed by atoms with Gasteiger partial charge < -0.3 is 10.2 Å². The second-order valence-corrected chi connectivity index (χ2v) is 8.03. The predicted octanol–water partition coefficient (Wildman–Crippen LogP) is 4.57. The molecule has 0 radical (unpaired) electrons. The number of fused-ring (bicyclic) bond motifs is 1. The van der Waals surface area contributed by atoms with Gasteiger partial charge in [-0.05, 0) is 80.4 Å². The Bertz CT molecular complexity index is 763. The number of rotatable bonds is 7. The Hall–Kier alpha value is -2.13. The number of Topliss-reactive ketones (excluding diaryl/α,β-unsaturated/α-hetero) is 1. The van der Waals surface area contributed by atoms with Crippen LogP contribution in [0.1, 0.15) is 47.2 Å². The molecule has 1 saturated heterocycles. The summed E-state index contributed by atoms with van der Waals surface area (Å²) in [6, 6.07) is 16.9. The third-order valence-electron chi connectivity index (χ3n) is 6.18. The van der Waals surface area contributed by atoms with Gasteiger partial charge in [-0.25, -0.2) is 0 Å². The molecule has 0 atom stereocenters. The Balaban J connectivity index is 1.19. The summed E-state index contributed by atoms with van der Waals surface area (Å²) in [4.78, 5) is 15.2. The van der Waals surface area contributed by atoms with E-state index in [2.05, 4.69) is 52.7 Å². The van der Waals surface area contributed by atoms with E-state index in [0.29, 0.717) is 18.1 Å². The summed E-state index contributed by atoms with van der Waals surface area (Å²) < 4.78 is 0. The number of likely N-dealkylation sites (tertiary alicyclic amines) is 1. The van der Waals surface area contributed by atoms with Crippen molar-refractivity contribution in [2.75, 3.05) is 31.5 Å². The van der Waals surface area contributed by atoms with E-state index in [4.69, 9.17) is 0 Å². The van der Waals surface area contributed by atoms with Crippen molar-refractivity contribution >= 4 is 11.5 Å². The number of benzene rings is 2. The SMILES string of the molecule is O=C(CCC1CCN(CCc2ccccc2)CC1)c1ccc2c(c1)CCN2. The zero-order valence-electron chi connectivity index (χ0n) is 16.1. The van der Waals surface area contributed by atoms with E-state index in [-0.39, 0.29) is 0 Å². The molecule has 0 saturated carbocycles. The van der Waals surface area contributed by atoms with Crippen molar-refractivity contribution in [2.24, 2.45) is 5.92 Å². The summed E-state index contributed by atoms with van der Waals surface area (Å²) in [7, 11) is 0. The maximum absolute atomic E-state index is 12.6. The minimum absolute atomic E-state index is 0.316. The van der Waals surface area contributed by atoms with Crippen LogP contribution in [-0.2, 0) is 12.8 Å². The van der Waals surface area contributed by atoms with E-state index >= 15 is 0 Å². The molecule has 0 amide bonds. The molecule has 3 nitrogen and oxygen atoms in total. The van der Waals surface area contributed by atoms with Gasteiger partial charge >= 0.3 is 0 Å². The van der Waals surface area contributed by atoms with Crippen LogP contribution in [0.2, 0.25) is 0 Å². The summed E-state index contributed by atoms with van der Waals surface area (Å²) >= 11 is 0. The van der Waals surface area contributed by atoms with Gasteiger partial charge in [-0.1, -0.05) is 30.3 Å². The predicted molar refractivity (Wildman–Crippen MR) is 112 cm³/mol. The van der Waals surface area contributed by atoms with E-state index in [0.717, 1.165) is 37.9 Å². The molecule has 27 heavy (non-hydrogen) atoms. The second kappa shape index (κ2) is 8.71. The first-order valence-electron chi connectivity index (χ1n) is 10.4. The van der Waals surface area contributed by atoms with Crippen LogP contribution in [0.3, 0.4) is 0 Å². The summed E-state index contributed by atoms with van der Waals surface area (Å²) in [6.45, 7) is 4.50. The van der Waals surface area contributed by atoms with E-state index in [9.17, 15) is 4.79 Å². The number of ketones is 1. The van der Waals surface area contributed by atoms with Gasteiger partial charge in [0.2, 0.25) is 0 Å². The maximum Gasteiger partial charge on any atom is 0.162 e. The van der Waals surface area contributed by atoms with Crippen LogP contribution in [0.5, 0.6) is 0 Å². The first kappa shape index (κ1) is 18.2. The molecular formula is C24H30N2O. The Morgan fingerprint density at radius 1 is 1.07 bits per heavy atom. The molecule has 4 rings (SSSR count). The van der Waals surface area contributed by atoms with E-state index in [1.54, 1.807) is 0 Å². The zero-order valence-corrected chi connectivity index (χ0v) is 16.1. The lowest BCUT2D eigenvalue weighted by molar-refractivity contribution is 0.0962. The molecule has 0 aliphatic carbocycles. The van der Waals surface area contributed by atoms with Gasteiger partial charge in [0.1, 0.15) is 0 Å². The highest BCUT2D eigenvalue weighted by Gasteiger charge is 2.20. The van der Waals surface area contributed by atoms with Gasteiger partial charge in [0.15, 0.2) is 5.78 Å². The van der Waals surface area contributed by atoms with E-state index in [1.165, 1.54) is 42.7 Å². The Kier molecular flexibility index (Phi) is 5.88. The first-order valence-corrected chi connectivity index (χ1v) is 10.4. The number of anilines is 1. The Morgan fingerprint density at radius 2 is 1.89 bits per heavy atom. The molecular weight excluding hydrogens is 332 g/mol. The molecule has 2 aliphatic heterocycles. The number of piperidine rings is 1. The molecule has 0 spiro atoms. The average Bonchev–Trinajstić information content (AvgIpc) is 3.20. The van der Waals surface area contributed by atoms with Crippen molar-refractivity contribution in [3.8, 4) is 0 Å². The Labute approximate surface area is 162 Å². The van der Waals surface area contributed by atoms with Crippen LogP contribution >= 0.6 is 0 Å². The molecule has 2 heterocycles. The third-order valence-corrected chi connectivity index (χ3v) is 6.18. The van der Waals surface area contributed by atoms with Gasteiger partial charge in [-0.3, -0.25) is 4.79 Å². The topological polar surface area (TPSA) is 32.3 Å². The second-order valence-electron chi connectivity index (χ2n) is 8.03. The number of carbonyl (C=O) groups excluding carboxylic acids is 1. The van der Waals surface area contributed by atoms with Crippen LogP contribution in [0.4, 0.5) is 5.69 Å². The van der Waals surface area contributed by atoms with Gasteiger partial charge in [0.25, 0.3) is 0 Å². The monoisotopic (exact) mass is 362 g/mol. The summed E-state index contributed by atoms with van der Waals surface area (Å²) in [6.07, 6.45) is 6.38. The van der Waals surface area contributed by atoms with Gasteiger partial charge in [-0.15, -0.1) is 0 Å². The number of hydrogen-bond acceptors (Lipinski definition) is 3. The third kappa shape index (κ3) is 4.78. The maximum atomic E-state index is 12.6. The smallest absolute Gasteiger partial charge is 0.162 e. The lowest BCUT2D eigenvalue weighted by atomic mass is 9.90. The molecule has 0 aromatic heterocycles. The van der Waals surface area contributed by atoms with Crippen LogP contribution in [-0.4, -0.2) is 36.9 Å². The number of nitrogens with one attached hydrogen (secondary N) is 1. The number of nitrogens with zero attached hydrogens (tertiary/aromatic N) is 1. The van der Waals surface area contributed by atoms with Crippen molar-refractivity contribution in [3.63, 3.8) is 0 Å². The van der Waals surface area contributed by atoms with Gasteiger partial charge in [0.05, 0.1) is 0 Å². The minimum atomic E-state index is 0.316. The molecule has 2 aromatic carbocycles. The normalized spacial score (nSPS) is 17.5. The molecule has 3 heteroatoms. The largest absolute Gasteiger partial charge is 0.384 e. The van der Waals surface area contributed by atoms with Crippen molar-refractivity contribution in [3.05, 3.63) is 65.2 Å². The molecule has 2 aromatic rings. The summed E-state index contributed by atoms with van der Waals surface area (Å²) in [5.74, 6) is 1.02. The zero-order chi connectivity index (χ0) is 18.5. The average molecular weight is 363 g/mol. The molecule has 1 N–H and O–H groups in total.